The predicted octanol–water partition coefficient (Wildman–Crippen LogP) is 2.85. The summed E-state index contributed by atoms with van der Waals surface area (Å²) in [4.78, 5) is 20.6. The Bertz CT molecular complexity index is 1070. The van der Waals surface area contributed by atoms with Crippen LogP contribution in [0.5, 0.6) is 0 Å². The van der Waals surface area contributed by atoms with E-state index in [0.29, 0.717) is 24.6 Å². The first-order valence-electron chi connectivity index (χ1n) is 9.73. The summed E-state index contributed by atoms with van der Waals surface area (Å²) in [6.07, 6.45) is 2.81. The number of aromatic nitrogens is 1. The van der Waals surface area contributed by atoms with Crippen molar-refractivity contribution in [2.24, 2.45) is 5.92 Å². The number of carbonyl (C=O) groups excluding carboxylic acids is 1. The lowest BCUT2D eigenvalue weighted by molar-refractivity contribution is -0.121. The van der Waals surface area contributed by atoms with Crippen LogP contribution in [0.15, 0.2) is 30.5 Å². The Balaban J connectivity index is 2.08. The molecule has 0 bridgehead atoms. The van der Waals surface area contributed by atoms with Crippen LogP contribution < -0.4 is 9.80 Å². The molecule has 0 aliphatic carbocycles. The highest BCUT2D eigenvalue weighted by molar-refractivity contribution is 7.88. The minimum absolute atomic E-state index is 0.0602. The molecule has 1 aromatic heterocycles. The van der Waals surface area contributed by atoms with Crippen molar-refractivity contribution in [1.82, 2.24) is 9.29 Å². The lowest BCUT2D eigenvalue weighted by Gasteiger charge is -2.25. The molecule has 1 aromatic carbocycles. The molecule has 2 heterocycles. The zero-order valence-corrected chi connectivity index (χ0v) is 18.7. The van der Waals surface area contributed by atoms with Gasteiger partial charge in [0, 0.05) is 31.6 Å². The first-order valence-corrected chi connectivity index (χ1v) is 11.6. The topological polar surface area (TPSA) is 73.8 Å². The van der Waals surface area contributed by atoms with Gasteiger partial charge in [0.2, 0.25) is 15.9 Å². The Morgan fingerprint density at radius 1 is 1.20 bits per heavy atom. The number of anilines is 2. The molecule has 162 valence electrons. The Kier molecular flexibility index (Phi) is 6.14. The summed E-state index contributed by atoms with van der Waals surface area (Å²) >= 11 is 0. The fourth-order valence-electron chi connectivity index (χ4n) is 3.55. The molecule has 2 aromatic rings. The number of sulfonamides is 1. The summed E-state index contributed by atoms with van der Waals surface area (Å²) < 4.78 is 38.8. The first-order chi connectivity index (χ1) is 14.0. The summed E-state index contributed by atoms with van der Waals surface area (Å²) in [5.74, 6) is 0.0183. The van der Waals surface area contributed by atoms with E-state index < -0.39 is 10.0 Å². The Hall–Kier alpha value is -2.52. The molecule has 1 saturated heterocycles. The largest absolute Gasteiger partial charge is 0.341 e. The SMILES string of the molecule is Cc1cc(F)ccc1-c1cc(N2CCN(S(C)(=O)=O)C2)ncc1N(C)C(=O)C(C)C. The van der Waals surface area contributed by atoms with Gasteiger partial charge in [0.1, 0.15) is 11.6 Å². The third-order valence-electron chi connectivity index (χ3n) is 5.27. The standard InChI is InChI=1S/C21H27FN4O3S/c1-14(2)21(27)24(4)19-12-23-20(25-8-9-26(13-25)30(5,28)29)11-18(19)17-7-6-16(22)10-15(17)3/h6-7,10-12,14H,8-9,13H2,1-5H3. The van der Waals surface area contributed by atoms with Gasteiger partial charge >= 0.3 is 0 Å². The molecule has 0 radical (unpaired) electrons. The van der Waals surface area contributed by atoms with Gasteiger partial charge in [-0.2, -0.15) is 4.31 Å². The highest BCUT2D eigenvalue weighted by Gasteiger charge is 2.28. The van der Waals surface area contributed by atoms with Crippen molar-refractivity contribution in [2.45, 2.75) is 20.8 Å². The lowest BCUT2D eigenvalue weighted by Crippen LogP contribution is -2.31. The fourth-order valence-corrected chi connectivity index (χ4v) is 4.31. The van der Waals surface area contributed by atoms with E-state index in [1.54, 1.807) is 24.2 Å². The fraction of sp³-hybridized carbons (Fsp3) is 0.429. The van der Waals surface area contributed by atoms with Gasteiger partial charge in [-0.05, 0) is 36.2 Å². The van der Waals surface area contributed by atoms with Gasteiger partial charge in [0.25, 0.3) is 0 Å². The van der Waals surface area contributed by atoms with E-state index in [1.165, 1.54) is 22.7 Å². The average Bonchev–Trinajstić information content (AvgIpc) is 3.17. The molecule has 0 unspecified atom stereocenters. The number of hydrogen-bond donors (Lipinski definition) is 0. The smallest absolute Gasteiger partial charge is 0.229 e. The summed E-state index contributed by atoms with van der Waals surface area (Å²) in [5.41, 5.74) is 2.88. The zero-order valence-electron chi connectivity index (χ0n) is 17.9. The van der Waals surface area contributed by atoms with Crippen molar-refractivity contribution in [2.75, 3.05) is 42.9 Å². The number of nitrogens with zero attached hydrogens (tertiary/aromatic N) is 4. The molecule has 0 atom stereocenters. The molecule has 0 saturated carbocycles. The van der Waals surface area contributed by atoms with Crippen molar-refractivity contribution in [3.05, 3.63) is 41.8 Å². The molecule has 3 rings (SSSR count). The quantitative estimate of drug-likeness (QED) is 0.724. The molecule has 1 aliphatic rings. The van der Waals surface area contributed by atoms with Gasteiger partial charge in [0.05, 0.1) is 24.8 Å². The highest BCUT2D eigenvalue weighted by Crippen LogP contribution is 2.36. The molecule has 0 spiro atoms. The second-order valence-electron chi connectivity index (χ2n) is 7.91. The molecular formula is C21H27FN4O3S. The van der Waals surface area contributed by atoms with Gasteiger partial charge < -0.3 is 9.80 Å². The van der Waals surface area contributed by atoms with E-state index in [-0.39, 0.29) is 24.3 Å². The number of pyridine rings is 1. The molecule has 9 heteroatoms. The monoisotopic (exact) mass is 434 g/mol. The van der Waals surface area contributed by atoms with Gasteiger partial charge in [-0.3, -0.25) is 4.79 Å². The minimum atomic E-state index is -3.29. The van der Waals surface area contributed by atoms with Gasteiger partial charge in [0.15, 0.2) is 0 Å². The predicted molar refractivity (Wildman–Crippen MR) is 116 cm³/mol. The van der Waals surface area contributed by atoms with E-state index in [4.69, 9.17) is 0 Å². The lowest BCUT2D eigenvalue weighted by atomic mass is 9.99. The van der Waals surface area contributed by atoms with Crippen LogP contribution in [0.2, 0.25) is 0 Å². The molecule has 1 fully saturated rings. The van der Waals surface area contributed by atoms with Gasteiger partial charge in [-0.25, -0.2) is 17.8 Å². The summed E-state index contributed by atoms with van der Waals surface area (Å²) in [6.45, 7) is 6.59. The van der Waals surface area contributed by atoms with Crippen molar-refractivity contribution >= 4 is 27.4 Å². The van der Waals surface area contributed by atoms with Crippen LogP contribution in [0.4, 0.5) is 15.9 Å². The van der Waals surface area contributed by atoms with Crippen LogP contribution >= 0.6 is 0 Å². The molecule has 7 nitrogen and oxygen atoms in total. The van der Waals surface area contributed by atoms with Crippen LogP contribution in [0, 0.1) is 18.7 Å². The summed E-state index contributed by atoms with van der Waals surface area (Å²) in [6, 6.07) is 6.36. The number of rotatable bonds is 5. The maximum Gasteiger partial charge on any atom is 0.229 e. The normalized spacial score (nSPS) is 15.1. The van der Waals surface area contributed by atoms with E-state index in [2.05, 4.69) is 4.98 Å². The number of amides is 1. The van der Waals surface area contributed by atoms with Crippen LogP contribution in [-0.2, 0) is 14.8 Å². The number of hydrogen-bond acceptors (Lipinski definition) is 5. The second kappa shape index (κ2) is 8.31. The van der Waals surface area contributed by atoms with Crippen molar-refractivity contribution in [3.8, 4) is 11.1 Å². The molecular weight excluding hydrogens is 407 g/mol. The number of benzene rings is 1. The maximum absolute atomic E-state index is 13.7. The zero-order chi connectivity index (χ0) is 22.2. The molecule has 1 amide bonds. The van der Waals surface area contributed by atoms with E-state index in [1.807, 2.05) is 31.7 Å². The Morgan fingerprint density at radius 2 is 1.90 bits per heavy atom. The Labute approximate surface area is 177 Å². The van der Waals surface area contributed by atoms with Crippen molar-refractivity contribution in [3.63, 3.8) is 0 Å². The highest BCUT2D eigenvalue weighted by atomic mass is 32.2. The van der Waals surface area contributed by atoms with Crippen molar-refractivity contribution in [1.29, 1.82) is 0 Å². The maximum atomic E-state index is 13.7. The molecule has 30 heavy (non-hydrogen) atoms. The van der Waals surface area contributed by atoms with Crippen LogP contribution in [0.25, 0.3) is 11.1 Å². The summed E-state index contributed by atoms with van der Waals surface area (Å²) in [7, 11) is -1.59. The van der Waals surface area contributed by atoms with E-state index >= 15 is 0 Å². The number of carbonyl (C=O) groups is 1. The van der Waals surface area contributed by atoms with E-state index in [0.717, 1.165) is 16.7 Å². The summed E-state index contributed by atoms with van der Waals surface area (Å²) in [5, 5.41) is 0. The van der Waals surface area contributed by atoms with Crippen molar-refractivity contribution < 1.29 is 17.6 Å². The first kappa shape index (κ1) is 22.2. The van der Waals surface area contributed by atoms with Crippen LogP contribution in [0.1, 0.15) is 19.4 Å². The average molecular weight is 435 g/mol. The van der Waals surface area contributed by atoms with E-state index in [9.17, 15) is 17.6 Å². The molecule has 1 aliphatic heterocycles. The molecule has 0 N–H and O–H groups in total. The van der Waals surface area contributed by atoms with Crippen LogP contribution in [0.3, 0.4) is 0 Å². The number of halogens is 1. The third kappa shape index (κ3) is 4.46. The number of aryl methyl sites for hydroxylation is 1. The minimum Gasteiger partial charge on any atom is -0.341 e. The van der Waals surface area contributed by atoms with Gasteiger partial charge in [-0.15, -0.1) is 0 Å². The third-order valence-corrected chi connectivity index (χ3v) is 6.51. The Morgan fingerprint density at radius 3 is 2.47 bits per heavy atom. The van der Waals surface area contributed by atoms with Gasteiger partial charge in [-0.1, -0.05) is 19.9 Å². The van der Waals surface area contributed by atoms with Crippen LogP contribution in [-0.4, -0.2) is 56.7 Å². The second-order valence-corrected chi connectivity index (χ2v) is 9.90.